The molecule has 0 amide bonds. The Bertz CT molecular complexity index is 352. The second-order valence-electron chi connectivity index (χ2n) is 3.59. The number of nitrogens with one attached hydrogen (secondary N) is 1. The number of hydrogen-bond acceptors (Lipinski definition) is 2. The van der Waals surface area contributed by atoms with Crippen LogP contribution in [0.4, 0.5) is 0 Å². The molecule has 2 rings (SSSR count). The van der Waals surface area contributed by atoms with Gasteiger partial charge in [-0.3, -0.25) is 4.98 Å². The largest absolute Gasteiger partial charge is 0.368 e. The van der Waals surface area contributed by atoms with Gasteiger partial charge in [0.1, 0.15) is 0 Å². The van der Waals surface area contributed by atoms with Crippen molar-refractivity contribution in [1.29, 1.82) is 0 Å². The molecule has 1 aliphatic rings. The van der Waals surface area contributed by atoms with E-state index in [4.69, 9.17) is 0 Å². The maximum atomic E-state index is 4.12. The molecule has 1 unspecified atom stereocenters. The van der Waals surface area contributed by atoms with Crippen molar-refractivity contribution in [3.8, 4) is 0 Å². The van der Waals surface area contributed by atoms with E-state index in [1.165, 1.54) is 11.1 Å². The van der Waals surface area contributed by atoms with Gasteiger partial charge < -0.3 is 5.32 Å². The summed E-state index contributed by atoms with van der Waals surface area (Å²) in [4.78, 5) is 4.12. The van der Waals surface area contributed by atoms with Crippen LogP contribution in [-0.2, 0) is 6.42 Å². The lowest BCUT2D eigenvalue weighted by Crippen LogP contribution is -2.11. The van der Waals surface area contributed by atoms with E-state index in [1.807, 2.05) is 24.7 Å². The van der Waals surface area contributed by atoms with Crippen molar-refractivity contribution in [3.05, 3.63) is 54.1 Å². The van der Waals surface area contributed by atoms with E-state index in [-0.39, 0.29) is 0 Å². The van der Waals surface area contributed by atoms with Crippen LogP contribution in [0.2, 0.25) is 0 Å². The van der Waals surface area contributed by atoms with Crippen molar-refractivity contribution in [2.75, 3.05) is 0 Å². The predicted octanol–water partition coefficient (Wildman–Crippen LogP) is 2.26. The molecule has 0 radical (unpaired) electrons. The summed E-state index contributed by atoms with van der Waals surface area (Å²) in [6.45, 7) is 2.15. The fraction of sp³-hybridized carbons (Fsp3) is 0.250. The fourth-order valence-electron chi connectivity index (χ4n) is 1.61. The van der Waals surface area contributed by atoms with E-state index >= 15 is 0 Å². The third kappa shape index (κ3) is 2.02. The fourth-order valence-corrected chi connectivity index (χ4v) is 1.61. The van der Waals surface area contributed by atoms with Crippen molar-refractivity contribution in [2.24, 2.45) is 5.92 Å². The number of nitrogens with zero attached hydrogens (tertiary/aromatic N) is 1. The molecule has 0 saturated heterocycles. The minimum atomic E-state index is 0.514. The normalized spacial score (nSPS) is 20.1. The van der Waals surface area contributed by atoms with Crippen LogP contribution >= 0.6 is 0 Å². The Kier molecular flexibility index (Phi) is 2.63. The van der Waals surface area contributed by atoms with Crippen LogP contribution in [0, 0.1) is 5.92 Å². The summed E-state index contributed by atoms with van der Waals surface area (Å²) in [5.41, 5.74) is 2.66. The van der Waals surface area contributed by atoms with Gasteiger partial charge in [0.05, 0.1) is 0 Å². The van der Waals surface area contributed by atoms with Gasteiger partial charge in [-0.2, -0.15) is 0 Å². The molecule has 0 fully saturated rings. The van der Waals surface area contributed by atoms with Crippen LogP contribution in [0.25, 0.3) is 0 Å². The Labute approximate surface area is 84.4 Å². The van der Waals surface area contributed by atoms with E-state index in [1.54, 1.807) is 0 Å². The highest BCUT2D eigenvalue weighted by atomic mass is 14.8. The third-order valence-corrected chi connectivity index (χ3v) is 2.50. The van der Waals surface area contributed by atoms with Crippen LogP contribution in [0.5, 0.6) is 0 Å². The zero-order chi connectivity index (χ0) is 9.80. The maximum Gasteiger partial charge on any atom is 0.0300 e. The monoisotopic (exact) mass is 186 g/mol. The first-order valence-electron chi connectivity index (χ1n) is 4.84. The predicted molar refractivity (Wildman–Crippen MR) is 57.5 cm³/mol. The topological polar surface area (TPSA) is 24.9 Å². The molecule has 1 N–H and O–H groups in total. The van der Waals surface area contributed by atoms with Crippen LogP contribution in [-0.4, -0.2) is 4.98 Å². The molecule has 0 bridgehead atoms. The molecule has 0 saturated carbocycles. The summed E-state index contributed by atoms with van der Waals surface area (Å²) < 4.78 is 0. The Morgan fingerprint density at radius 1 is 1.50 bits per heavy atom. The lowest BCUT2D eigenvalue weighted by atomic mass is 9.93. The third-order valence-electron chi connectivity index (χ3n) is 2.50. The molecule has 2 nitrogen and oxygen atoms in total. The van der Waals surface area contributed by atoms with E-state index < -0.39 is 0 Å². The molecule has 1 aromatic rings. The van der Waals surface area contributed by atoms with Crippen molar-refractivity contribution in [2.45, 2.75) is 13.3 Å². The number of hydrogen-bond donors (Lipinski definition) is 1. The summed E-state index contributed by atoms with van der Waals surface area (Å²) >= 11 is 0. The molecule has 0 aromatic carbocycles. The van der Waals surface area contributed by atoms with Gasteiger partial charge in [0.15, 0.2) is 0 Å². The average molecular weight is 186 g/mol. The Balaban J connectivity index is 2.08. The SMILES string of the molecule is CC1=CNC=CC1Cc1cccnc1. The molecule has 1 atom stereocenters. The van der Waals surface area contributed by atoms with Crippen LogP contribution < -0.4 is 5.32 Å². The van der Waals surface area contributed by atoms with E-state index in [0.29, 0.717) is 5.92 Å². The summed E-state index contributed by atoms with van der Waals surface area (Å²) in [5, 5.41) is 3.09. The van der Waals surface area contributed by atoms with Crippen molar-refractivity contribution >= 4 is 0 Å². The highest BCUT2D eigenvalue weighted by Crippen LogP contribution is 2.19. The molecule has 0 spiro atoms. The van der Waals surface area contributed by atoms with Gasteiger partial charge in [0, 0.05) is 18.3 Å². The lowest BCUT2D eigenvalue weighted by Gasteiger charge is -2.17. The molecule has 1 aliphatic heterocycles. The minimum absolute atomic E-state index is 0.514. The van der Waals surface area contributed by atoms with Crippen molar-refractivity contribution < 1.29 is 0 Å². The highest BCUT2D eigenvalue weighted by Gasteiger charge is 2.10. The van der Waals surface area contributed by atoms with Gasteiger partial charge in [0.25, 0.3) is 0 Å². The summed E-state index contributed by atoms with van der Waals surface area (Å²) in [7, 11) is 0. The number of pyridine rings is 1. The van der Waals surface area contributed by atoms with Gasteiger partial charge in [-0.15, -0.1) is 0 Å². The molecular formula is C12H14N2. The first kappa shape index (κ1) is 9.00. The Hall–Kier alpha value is -1.57. The van der Waals surface area contributed by atoms with Crippen LogP contribution in [0.1, 0.15) is 12.5 Å². The first-order chi connectivity index (χ1) is 6.86. The Morgan fingerprint density at radius 3 is 3.14 bits per heavy atom. The van der Waals surface area contributed by atoms with Gasteiger partial charge in [-0.05, 0) is 37.4 Å². The van der Waals surface area contributed by atoms with Crippen LogP contribution in [0.3, 0.4) is 0 Å². The van der Waals surface area contributed by atoms with Crippen molar-refractivity contribution in [3.63, 3.8) is 0 Å². The summed E-state index contributed by atoms with van der Waals surface area (Å²) in [6, 6.07) is 4.11. The van der Waals surface area contributed by atoms with E-state index in [2.05, 4.69) is 35.6 Å². The van der Waals surface area contributed by atoms with Gasteiger partial charge in [0.2, 0.25) is 0 Å². The number of rotatable bonds is 2. The second kappa shape index (κ2) is 4.09. The molecule has 0 aliphatic carbocycles. The number of dihydropyridines is 1. The smallest absolute Gasteiger partial charge is 0.0300 e. The van der Waals surface area contributed by atoms with Gasteiger partial charge >= 0.3 is 0 Å². The maximum absolute atomic E-state index is 4.12. The van der Waals surface area contributed by atoms with E-state index in [9.17, 15) is 0 Å². The van der Waals surface area contributed by atoms with Gasteiger partial charge in [-0.25, -0.2) is 0 Å². The molecule has 14 heavy (non-hydrogen) atoms. The van der Waals surface area contributed by atoms with Crippen molar-refractivity contribution in [1.82, 2.24) is 10.3 Å². The van der Waals surface area contributed by atoms with E-state index in [0.717, 1.165) is 6.42 Å². The zero-order valence-corrected chi connectivity index (χ0v) is 8.27. The second-order valence-corrected chi connectivity index (χ2v) is 3.59. The highest BCUT2D eigenvalue weighted by molar-refractivity contribution is 5.21. The van der Waals surface area contributed by atoms with Gasteiger partial charge in [-0.1, -0.05) is 17.7 Å². The number of allylic oxidation sites excluding steroid dienone is 2. The quantitative estimate of drug-likeness (QED) is 0.766. The Morgan fingerprint density at radius 2 is 2.43 bits per heavy atom. The van der Waals surface area contributed by atoms with Crippen LogP contribution in [0.15, 0.2) is 48.6 Å². The minimum Gasteiger partial charge on any atom is -0.368 e. The zero-order valence-electron chi connectivity index (χ0n) is 8.27. The number of aromatic nitrogens is 1. The molecule has 2 heterocycles. The molecule has 1 aromatic heterocycles. The molecular weight excluding hydrogens is 172 g/mol. The summed E-state index contributed by atoms with van der Waals surface area (Å²) in [6.07, 6.45) is 11.0. The summed E-state index contributed by atoms with van der Waals surface area (Å²) in [5.74, 6) is 0.514. The first-order valence-corrected chi connectivity index (χ1v) is 4.84. The average Bonchev–Trinajstić information content (AvgIpc) is 2.23. The standard InChI is InChI=1S/C12H14N2/c1-10-8-14-6-4-12(10)7-11-3-2-5-13-9-11/h2-6,8-9,12,14H,7H2,1H3. The molecule has 2 heteroatoms. The molecule has 72 valence electrons. The lowest BCUT2D eigenvalue weighted by molar-refractivity contribution is 0.724.